The van der Waals surface area contributed by atoms with Crippen LogP contribution in [0.5, 0.6) is 0 Å². The summed E-state index contributed by atoms with van der Waals surface area (Å²) < 4.78 is 55.8. The van der Waals surface area contributed by atoms with Gasteiger partial charge in [-0.25, -0.2) is 4.98 Å². The van der Waals surface area contributed by atoms with Gasteiger partial charge in [0.15, 0.2) is 0 Å². The number of rotatable bonds is 1. The molecule has 0 bridgehead atoms. The molecule has 1 atom stereocenters. The molecule has 0 radical (unpaired) electrons. The Kier molecular flexibility index (Phi) is 3.60. The Hall–Kier alpha value is -2.40. The molecule has 3 rings (SSSR count). The fourth-order valence-electron chi connectivity index (χ4n) is 3.03. The number of aromatic nitrogens is 2. The predicted molar refractivity (Wildman–Crippen MR) is 71.5 cm³/mol. The molecule has 1 aliphatic rings. The first-order valence-electron chi connectivity index (χ1n) is 6.89. The number of hydrogen-bond acceptors (Lipinski definition) is 3. The number of nitriles is 1. The van der Waals surface area contributed by atoms with Crippen molar-refractivity contribution in [2.75, 3.05) is 0 Å². The van der Waals surface area contributed by atoms with Crippen LogP contribution >= 0.6 is 0 Å². The Bertz CT molecular complexity index is 804. The summed E-state index contributed by atoms with van der Waals surface area (Å²) in [6.07, 6.45) is -4.22. The minimum absolute atomic E-state index is 0.107. The Labute approximate surface area is 128 Å². The number of aliphatic hydroxyl groups excluding tert-OH is 1. The number of halogens is 4. The van der Waals surface area contributed by atoms with E-state index in [0.29, 0.717) is 6.42 Å². The van der Waals surface area contributed by atoms with Crippen LogP contribution in [-0.2, 0) is 12.7 Å². The number of nitrogens with zero attached hydrogens (tertiary/aromatic N) is 3. The van der Waals surface area contributed by atoms with E-state index in [1.54, 1.807) is 0 Å². The molecular formula is C15H11F4N3O. The second-order valence-corrected chi connectivity index (χ2v) is 5.24. The third-order valence-corrected chi connectivity index (χ3v) is 3.89. The molecule has 0 saturated heterocycles. The lowest BCUT2D eigenvalue weighted by Crippen LogP contribution is -2.16. The molecule has 120 valence electrons. The quantitative estimate of drug-likeness (QED) is 0.645. The van der Waals surface area contributed by atoms with Crippen molar-refractivity contribution in [1.29, 1.82) is 5.26 Å². The van der Waals surface area contributed by atoms with E-state index in [4.69, 9.17) is 0 Å². The highest BCUT2D eigenvalue weighted by atomic mass is 19.4. The van der Waals surface area contributed by atoms with Gasteiger partial charge in [0.05, 0.1) is 34.2 Å². The maximum absolute atomic E-state index is 14.0. The molecule has 1 aliphatic heterocycles. The minimum atomic E-state index is -4.85. The lowest BCUT2D eigenvalue weighted by Gasteiger charge is -2.23. The standard InChI is InChI=1S/C15H11F4N3O/c16-14-8(3-1-5-21-14)13-11(15(17,18)19)9(7-20)12-10(23)4-2-6-22(12)13/h1,3,5,10,23H,2,4,6H2. The van der Waals surface area contributed by atoms with Gasteiger partial charge >= 0.3 is 6.18 Å². The number of alkyl halides is 3. The summed E-state index contributed by atoms with van der Waals surface area (Å²) in [5, 5.41) is 19.2. The summed E-state index contributed by atoms with van der Waals surface area (Å²) in [6.45, 7) is 0.167. The zero-order valence-corrected chi connectivity index (χ0v) is 11.7. The van der Waals surface area contributed by atoms with Crippen LogP contribution < -0.4 is 0 Å². The maximum atomic E-state index is 14.0. The van der Waals surface area contributed by atoms with Gasteiger partial charge in [0.2, 0.25) is 5.95 Å². The van der Waals surface area contributed by atoms with Crippen molar-refractivity contribution in [1.82, 2.24) is 9.55 Å². The van der Waals surface area contributed by atoms with Crippen LogP contribution in [0.25, 0.3) is 11.3 Å². The van der Waals surface area contributed by atoms with E-state index in [1.165, 1.54) is 22.8 Å². The van der Waals surface area contributed by atoms with Crippen LogP contribution in [0.3, 0.4) is 0 Å². The molecule has 1 N–H and O–H groups in total. The van der Waals surface area contributed by atoms with Crippen molar-refractivity contribution in [2.45, 2.75) is 31.7 Å². The Morgan fingerprint density at radius 2 is 2.13 bits per heavy atom. The first-order chi connectivity index (χ1) is 10.9. The van der Waals surface area contributed by atoms with Gasteiger partial charge < -0.3 is 9.67 Å². The molecule has 0 aliphatic carbocycles. The van der Waals surface area contributed by atoms with Crippen molar-refractivity contribution < 1.29 is 22.7 Å². The van der Waals surface area contributed by atoms with Crippen LogP contribution in [0.4, 0.5) is 17.6 Å². The van der Waals surface area contributed by atoms with Gasteiger partial charge in [0.25, 0.3) is 0 Å². The molecule has 0 aromatic carbocycles. The summed E-state index contributed by atoms with van der Waals surface area (Å²) in [6, 6.07) is 4.03. The molecule has 2 aromatic rings. The summed E-state index contributed by atoms with van der Waals surface area (Å²) in [5.41, 5.74) is -2.76. The van der Waals surface area contributed by atoms with Gasteiger partial charge in [-0.3, -0.25) is 0 Å². The molecule has 0 spiro atoms. The van der Waals surface area contributed by atoms with E-state index in [1.807, 2.05) is 0 Å². The Balaban J connectivity index is 2.44. The zero-order chi connectivity index (χ0) is 16.8. The van der Waals surface area contributed by atoms with Gasteiger partial charge in [0, 0.05) is 12.7 Å². The smallest absolute Gasteiger partial charge is 0.387 e. The summed E-state index contributed by atoms with van der Waals surface area (Å²) in [7, 11) is 0. The molecule has 23 heavy (non-hydrogen) atoms. The summed E-state index contributed by atoms with van der Waals surface area (Å²) >= 11 is 0. The molecule has 2 aromatic heterocycles. The topological polar surface area (TPSA) is 61.8 Å². The first kappa shape index (κ1) is 15.5. The van der Waals surface area contributed by atoms with Crippen LogP contribution in [0, 0.1) is 17.3 Å². The van der Waals surface area contributed by atoms with Crippen molar-refractivity contribution in [2.24, 2.45) is 0 Å². The highest BCUT2D eigenvalue weighted by Gasteiger charge is 2.44. The normalized spacial score (nSPS) is 17.7. The minimum Gasteiger partial charge on any atom is -0.387 e. The number of fused-ring (bicyclic) bond motifs is 1. The highest BCUT2D eigenvalue weighted by molar-refractivity contribution is 5.71. The van der Waals surface area contributed by atoms with Gasteiger partial charge in [0.1, 0.15) is 6.07 Å². The van der Waals surface area contributed by atoms with E-state index in [0.717, 1.165) is 6.20 Å². The van der Waals surface area contributed by atoms with Crippen molar-refractivity contribution in [3.63, 3.8) is 0 Å². The average Bonchev–Trinajstić information content (AvgIpc) is 2.83. The molecule has 3 heterocycles. The van der Waals surface area contributed by atoms with Crippen LogP contribution in [0.2, 0.25) is 0 Å². The van der Waals surface area contributed by atoms with Gasteiger partial charge in [-0.2, -0.15) is 22.8 Å². The fraction of sp³-hybridized carbons (Fsp3) is 0.333. The van der Waals surface area contributed by atoms with E-state index in [2.05, 4.69) is 4.98 Å². The van der Waals surface area contributed by atoms with Crippen LogP contribution in [-0.4, -0.2) is 14.7 Å². The molecule has 4 nitrogen and oxygen atoms in total. The average molecular weight is 325 g/mol. The lowest BCUT2D eigenvalue weighted by atomic mass is 10.0. The van der Waals surface area contributed by atoms with Crippen molar-refractivity contribution >= 4 is 0 Å². The molecule has 0 fully saturated rings. The zero-order valence-electron chi connectivity index (χ0n) is 11.7. The van der Waals surface area contributed by atoms with Crippen LogP contribution in [0.1, 0.15) is 35.8 Å². The molecule has 1 unspecified atom stereocenters. The molecule has 0 amide bonds. The summed E-state index contributed by atoms with van der Waals surface area (Å²) in [5.74, 6) is -1.05. The maximum Gasteiger partial charge on any atom is 0.419 e. The van der Waals surface area contributed by atoms with Gasteiger partial charge in [-0.15, -0.1) is 0 Å². The second kappa shape index (κ2) is 5.35. The fourth-order valence-corrected chi connectivity index (χ4v) is 3.03. The largest absolute Gasteiger partial charge is 0.419 e. The molecular weight excluding hydrogens is 314 g/mol. The molecule has 8 heteroatoms. The number of aliphatic hydroxyl groups is 1. The van der Waals surface area contributed by atoms with Crippen LogP contribution in [0.15, 0.2) is 18.3 Å². The van der Waals surface area contributed by atoms with E-state index >= 15 is 0 Å². The van der Waals surface area contributed by atoms with E-state index < -0.39 is 35.0 Å². The SMILES string of the molecule is N#Cc1c(C(F)(F)F)c(-c2cccnc2F)n2c1C(O)CCC2. The van der Waals surface area contributed by atoms with E-state index in [-0.39, 0.29) is 24.2 Å². The predicted octanol–water partition coefficient (Wildman–Crippen LogP) is 3.41. The Morgan fingerprint density at radius 3 is 2.74 bits per heavy atom. The Morgan fingerprint density at radius 1 is 1.39 bits per heavy atom. The third kappa shape index (κ3) is 2.37. The summed E-state index contributed by atoms with van der Waals surface area (Å²) in [4.78, 5) is 3.39. The van der Waals surface area contributed by atoms with Gasteiger partial charge in [-0.1, -0.05) is 0 Å². The second-order valence-electron chi connectivity index (χ2n) is 5.24. The van der Waals surface area contributed by atoms with Crippen molar-refractivity contribution in [3.8, 4) is 17.3 Å². The monoisotopic (exact) mass is 325 g/mol. The first-order valence-corrected chi connectivity index (χ1v) is 6.89. The number of pyridine rings is 1. The third-order valence-electron chi connectivity index (χ3n) is 3.89. The number of hydrogen-bond donors (Lipinski definition) is 1. The van der Waals surface area contributed by atoms with Crippen molar-refractivity contribution in [3.05, 3.63) is 41.1 Å². The van der Waals surface area contributed by atoms with Gasteiger partial charge in [-0.05, 0) is 25.0 Å². The van der Waals surface area contributed by atoms with E-state index in [9.17, 15) is 27.9 Å². The lowest BCUT2D eigenvalue weighted by molar-refractivity contribution is -0.137. The molecule has 0 saturated carbocycles. The highest BCUT2D eigenvalue weighted by Crippen LogP contribution is 2.46.